The molecule has 0 bridgehead atoms. The average Bonchev–Trinajstić information content (AvgIpc) is 2.17. The van der Waals surface area contributed by atoms with Gasteiger partial charge in [0.25, 0.3) is 0 Å². The molecule has 0 atom stereocenters. The number of benzene rings is 1. The lowest BCUT2D eigenvalue weighted by Gasteiger charge is -2.08. The van der Waals surface area contributed by atoms with Gasteiger partial charge in [-0.25, -0.2) is 0 Å². The van der Waals surface area contributed by atoms with Crippen molar-refractivity contribution in [2.75, 3.05) is 0 Å². The standard InChI is InChI=1S/C8H11N5O/c9-8(10)11-13(12-14)6-7-4-2-1-3-5-7/h1-5H,6H2,(H4,9,10,11). The van der Waals surface area contributed by atoms with E-state index in [9.17, 15) is 4.91 Å². The van der Waals surface area contributed by atoms with Crippen molar-refractivity contribution in [3.8, 4) is 0 Å². The summed E-state index contributed by atoms with van der Waals surface area (Å²) in [6.45, 7) is 0.252. The number of hydrazone groups is 1. The molecule has 14 heavy (non-hydrogen) atoms. The van der Waals surface area contributed by atoms with Gasteiger partial charge in [0.05, 0.1) is 11.8 Å². The molecule has 0 aliphatic carbocycles. The predicted molar refractivity (Wildman–Crippen MR) is 53.6 cm³/mol. The second-order valence-electron chi connectivity index (χ2n) is 2.62. The van der Waals surface area contributed by atoms with E-state index in [1.54, 1.807) is 0 Å². The van der Waals surface area contributed by atoms with E-state index in [1.807, 2.05) is 30.3 Å². The number of nitrogens with zero attached hydrogens (tertiary/aromatic N) is 3. The first kappa shape index (κ1) is 9.97. The third-order valence-electron chi connectivity index (χ3n) is 1.49. The van der Waals surface area contributed by atoms with Crippen molar-refractivity contribution in [2.24, 2.45) is 21.9 Å². The van der Waals surface area contributed by atoms with Crippen LogP contribution in [0.3, 0.4) is 0 Å². The molecule has 0 spiro atoms. The number of guanidine groups is 1. The maximum atomic E-state index is 10.3. The van der Waals surface area contributed by atoms with Crippen molar-refractivity contribution >= 4 is 5.96 Å². The highest BCUT2D eigenvalue weighted by atomic mass is 16.3. The van der Waals surface area contributed by atoms with Gasteiger partial charge in [0.1, 0.15) is 0 Å². The summed E-state index contributed by atoms with van der Waals surface area (Å²) < 4.78 is 0. The monoisotopic (exact) mass is 193 g/mol. The van der Waals surface area contributed by atoms with Crippen LogP contribution in [0.5, 0.6) is 0 Å². The largest absolute Gasteiger partial charge is 0.369 e. The molecule has 0 aliphatic rings. The molecule has 0 heterocycles. The Morgan fingerprint density at radius 2 is 1.93 bits per heavy atom. The van der Waals surface area contributed by atoms with Crippen LogP contribution in [0.15, 0.2) is 40.7 Å². The zero-order valence-electron chi connectivity index (χ0n) is 7.50. The van der Waals surface area contributed by atoms with Crippen LogP contribution < -0.4 is 11.5 Å². The normalized spacial score (nSPS) is 9.14. The summed E-state index contributed by atoms with van der Waals surface area (Å²) in [5.41, 5.74) is 11.1. The Morgan fingerprint density at radius 1 is 1.29 bits per heavy atom. The molecule has 0 unspecified atom stereocenters. The zero-order valence-corrected chi connectivity index (χ0v) is 7.50. The van der Waals surface area contributed by atoms with Crippen LogP contribution in [0.2, 0.25) is 0 Å². The van der Waals surface area contributed by atoms with Gasteiger partial charge in [-0.15, -0.1) is 15.1 Å². The van der Waals surface area contributed by atoms with Gasteiger partial charge in [0, 0.05) is 0 Å². The summed E-state index contributed by atoms with van der Waals surface area (Å²) in [6.07, 6.45) is 0. The summed E-state index contributed by atoms with van der Waals surface area (Å²) in [4.78, 5) is 10.3. The number of nitroso groups, excluding NO2 is 1. The van der Waals surface area contributed by atoms with Crippen LogP contribution >= 0.6 is 0 Å². The van der Waals surface area contributed by atoms with Crippen LogP contribution in [0, 0.1) is 4.91 Å². The Balaban J connectivity index is 2.67. The molecule has 6 heteroatoms. The summed E-state index contributed by atoms with van der Waals surface area (Å²) in [5, 5.41) is 7.07. The molecular formula is C8H11N5O. The van der Waals surface area contributed by atoms with Crippen molar-refractivity contribution in [2.45, 2.75) is 6.54 Å². The first-order valence-corrected chi connectivity index (χ1v) is 3.96. The molecule has 6 nitrogen and oxygen atoms in total. The summed E-state index contributed by atoms with van der Waals surface area (Å²) in [6, 6.07) is 9.28. The molecule has 0 aliphatic heterocycles. The first-order valence-electron chi connectivity index (χ1n) is 3.96. The van der Waals surface area contributed by atoms with Gasteiger partial charge in [-0.1, -0.05) is 30.3 Å². The highest BCUT2D eigenvalue weighted by molar-refractivity contribution is 5.75. The molecule has 74 valence electrons. The maximum absolute atomic E-state index is 10.3. The lowest BCUT2D eigenvalue weighted by molar-refractivity contribution is 0.290. The SMILES string of the molecule is NC(N)=NN(Cc1ccccc1)N=O. The topological polar surface area (TPSA) is 97.1 Å². The van der Waals surface area contributed by atoms with Crippen molar-refractivity contribution < 1.29 is 0 Å². The average molecular weight is 193 g/mol. The molecule has 4 N–H and O–H groups in total. The van der Waals surface area contributed by atoms with Gasteiger partial charge in [-0.3, -0.25) is 0 Å². The van der Waals surface area contributed by atoms with Gasteiger partial charge in [-0.05, 0) is 5.56 Å². The third-order valence-corrected chi connectivity index (χ3v) is 1.49. The molecule has 1 aromatic carbocycles. The molecule has 0 radical (unpaired) electrons. The quantitative estimate of drug-likeness (QED) is 0.312. The van der Waals surface area contributed by atoms with E-state index >= 15 is 0 Å². The van der Waals surface area contributed by atoms with Crippen LogP contribution in [-0.2, 0) is 6.54 Å². The van der Waals surface area contributed by atoms with Crippen LogP contribution in [0.4, 0.5) is 0 Å². The van der Waals surface area contributed by atoms with Gasteiger partial charge in [-0.2, -0.15) is 0 Å². The molecule has 1 rings (SSSR count). The van der Waals surface area contributed by atoms with Crippen molar-refractivity contribution in [1.29, 1.82) is 0 Å². The lowest BCUT2D eigenvalue weighted by Crippen LogP contribution is -2.26. The van der Waals surface area contributed by atoms with E-state index < -0.39 is 0 Å². The Hall–Kier alpha value is -2.11. The van der Waals surface area contributed by atoms with Crippen molar-refractivity contribution in [3.05, 3.63) is 40.8 Å². The first-order chi connectivity index (χ1) is 6.72. The second kappa shape index (κ2) is 4.80. The van der Waals surface area contributed by atoms with E-state index in [0.29, 0.717) is 0 Å². The zero-order chi connectivity index (χ0) is 10.4. The summed E-state index contributed by atoms with van der Waals surface area (Å²) >= 11 is 0. The minimum Gasteiger partial charge on any atom is -0.369 e. The predicted octanol–water partition coefficient (Wildman–Crippen LogP) is 0.358. The Labute approximate surface area is 81.1 Å². The highest BCUT2D eigenvalue weighted by Gasteiger charge is 2.01. The molecule has 0 fully saturated rings. The molecule has 0 amide bonds. The van der Waals surface area contributed by atoms with Crippen molar-refractivity contribution in [1.82, 2.24) is 5.12 Å². The minimum absolute atomic E-state index is 0.194. The molecule has 0 saturated carbocycles. The fourth-order valence-electron chi connectivity index (χ4n) is 0.962. The fourth-order valence-corrected chi connectivity index (χ4v) is 0.962. The van der Waals surface area contributed by atoms with Gasteiger partial charge in [0.2, 0.25) is 5.96 Å². The number of rotatable bonds is 4. The number of hydrogen-bond acceptors (Lipinski definition) is 3. The smallest absolute Gasteiger partial charge is 0.210 e. The van der Waals surface area contributed by atoms with E-state index in [4.69, 9.17) is 11.5 Å². The summed E-state index contributed by atoms with van der Waals surface area (Å²) in [7, 11) is 0. The Kier molecular flexibility index (Phi) is 3.42. The van der Waals surface area contributed by atoms with E-state index in [0.717, 1.165) is 10.7 Å². The molecule has 0 aromatic heterocycles. The van der Waals surface area contributed by atoms with Crippen LogP contribution in [0.25, 0.3) is 0 Å². The van der Waals surface area contributed by atoms with Crippen LogP contribution in [-0.4, -0.2) is 11.1 Å². The molecular weight excluding hydrogens is 182 g/mol. The minimum atomic E-state index is -0.194. The van der Waals surface area contributed by atoms with Gasteiger partial charge < -0.3 is 11.5 Å². The van der Waals surface area contributed by atoms with Gasteiger partial charge in [0.15, 0.2) is 0 Å². The highest BCUT2D eigenvalue weighted by Crippen LogP contribution is 2.04. The van der Waals surface area contributed by atoms with Crippen LogP contribution in [0.1, 0.15) is 5.56 Å². The Bertz CT molecular complexity index is 320. The van der Waals surface area contributed by atoms with Crippen molar-refractivity contribution in [3.63, 3.8) is 0 Å². The number of nitrogens with two attached hydrogens (primary N) is 2. The number of hydrogen-bond donors (Lipinski definition) is 2. The third kappa shape index (κ3) is 3.10. The lowest BCUT2D eigenvalue weighted by atomic mass is 10.2. The van der Waals surface area contributed by atoms with E-state index in [1.165, 1.54) is 0 Å². The molecule has 0 saturated heterocycles. The second-order valence-corrected chi connectivity index (χ2v) is 2.62. The van der Waals surface area contributed by atoms with E-state index in [-0.39, 0.29) is 12.5 Å². The molecule has 1 aromatic rings. The Morgan fingerprint density at radius 3 is 2.43 bits per heavy atom. The summed E-state index contributed by atoms with van der Waals surface area (Å²) in [5.74, 6) is -0.194. The van der Waals surface area contributed by atoms with E-state index in [2.05, 4.69) is 10.4 Å². The maximum Gasteiger partial charge on any atom is 0.210 e. The van der Waals surface area contributed by atoms with Gasteiger partial charge >= 0.3 is 0 Å². The fraction of sp³-hybridized carbons (Fsp3) is 0.125.